The number of pyridine rings is 1. The quantitative estimate of drug-likeness (QED) is 0.773. The highest BCUT2D eigenvalue weighted by atomic mass is 79.9. The maximum Gasteiger partial charge on any atom is 0.330 e. The molecule has 15 heavy (non-hydrogen) atoms. The molecule has 1 aromatic heterocycles. The Morgan fingerprint density at radius 2 is 1.67 bits per heavy atom. The lowest BCUT2D eigenvalue weighted by Gasteiger charge is -2.07. The van der Waals surface area contributed by atoms with Crippen molar-refractivity contribution >= 4 is 41.3 Å². The van der Waals surface area contributed by atoms with Crippen molar-refractivity contribution in [3.63, 3.8) is 0 Å². The first-order valence-electron chi connectivity index (χ1n) is 4.57. The molecular weight excluding hydrogens is 317 g/mol. The third-order valence-corrected chi connectivity index (χ3v) is 3.12. The van der Waals surface area contributed by atoms with E-state index in [2.05, 4.69) is 48.6 Å². The van der Waals surface area contributed by atoms with Gasteiger partial charge in [0.15, 0.2) is 0 Å². The van der Waals surface area contributed by atoms with E-state index in [1.165, 1.54) is 5.46 Å². The Morgan fingerprint density at radius 1 is 0.933 bits per heavy atom. The third kappa shape index (κ3) is 2.50. The maximum atomic E-state index is 4.35. The van der Waals surface area contributed by atoms with Crippen LogP contribution < -0.4 is 5.46 Å². The molecule has 1 heterocycles. The predicted molar refractivity (Wildman–Crippen MR) is 72.9 cm³/mol. The lowest BCUT2D eigenvalue weighted by molar-refractivity contribution is 1.33. The number of aromatic nitrogens is 1. The summed E-state index contributed by atoms with van der Waals surface area (Å²) in [6, 6.07) is 14.1. The Morgan fingerprint density at radius 3 is 2.33 bits per heavy atom. The molecule has 74 valence electrons. The Bertz CT molecular complexity index is 445. The third-order valence-electron chi connectivity index (χ3n) is 2.14. The topological polar surface area (TPSA) is 12.9 Å². The summed E-state index contributed by atoms with van der Waals surface area (Å²) in [7, 11) is 0. The fraction of sp³-hybridized carbons (Fsp3) is 0. The molecule has 0 atom stereocenters. The highest BCUT2D eigenvalue weighted by molar-refractivity contribution is 9.49. The molecule has 0 N–H and O–H groups in total. The molecule has 0 radical (unpaired) electrons. The number of nitrogens with zero attached hydrogens (tertiary/aromatic N) is 1. The number of benzene rings is 1. The summed E-state index contributed by atoms with van der Waals surface area (Å²) >= 11 is 7.04. The number of hydrogen-bond acceptors (Lipinski definition) is 1. The van der Waals surface area contributed by atoms with Gasteiger partial charge in [0.2, 0.25) is 0 Å². The summed E-state index contributed by atoms with van der Waals surface area (Å²) < 4.78 is 0.156. The maximum absolute atomic E-state index is 4.35. The predicted octanol–water partition coefficient (Wildman–Crippen LogP) is 3.23. The van der Waals surface area contributed by atoms with Gasteiger partial charge < -0.3 is 0 Å². The van der Waals surface area contributed by atoms with Crippen LogP contribution in [-0.2, 0) is 0 Å². The SMILES string of the molecule is BrB(Br)c1ccccc1-c1ccccn1. The molecule has 1 aromatic carbocycles. The zero-order chi connectivity index (χ0) is 10.7. The molecule has 0 fully saturated rings. The first-order chi connectivity index (χ1) is 7.29. The zero-order valence-corrected chi connectivity index (χ0v) is 11.1. The molecule has 1 nitrogen and oxygen atoms in total. The minimum Gasteiger partial charge on any atom is -0.256 e. The van der Waals surface area contributed by atoms with Gasteiger partial charge in [0.05, 0.1) is 5.69 Å². The minimum absolute atomic E-state index is 0.156. The standard InChI is InChI=1S/C11H8BBr2N/c13-12(14)10-6-2-1-5-9(10)11-7-3-4-8-15-11/h1-8H. The Hall–Kier alpha value is -0.605. The van der Waals surface area contributed by atoms with Crippen molar-refractivity contribution in [1.29, 1.82) is 0 Å². The molecule has 4 heteroatoms. The summed E-state index contributed by atoms with van der Waals surface area (Å²) in [6.07, 6.45) is 1.81. The van der Waals surface area contributed by atoms with Gasteiger partial charge in [0, 0.05) is 6.20 Å². The van der Waals surface area contributed by atoms with Crippen LogP contribution in [0.5, 0.6) is 0 Å². The summed E-state index contributed by atoms with van der Waals surface area (Å²) in [5.74, 6) is 0. The van der Waals surface area contributed by atoms with E-state index in [0.29, 0.717) is 0 Å². The van der Waals surface area contributed by atoms with Crippen molar-refractivity contribution in [3.05, 3.63) is 48.7 Å². The van der Waals surface area contributed by atoms with E-state index < -0.39 is 0 Å². The summed E-state index contributed by atoms with van der Waals surface area (Å²) in [5.41, 5.74) is 3.34. The lowest BCUT2D eigenvalue weighted by Crippen LogP contribution is -2.19. The highest BCUT2D eigenvalue weighted by Gasteiger charge is 2.13. The van der Waals surface area contributed by atoms with Crippen LogP contribution in [0.15, 0.2) is 48.7 Å². The fourth-order valence-corrected chi connectivity index (χ4v) is 2.24. The van der Waals surface area contributed by atoms with Gasteiger partial charge in [-0.25, -0.2) is 0 Å². The zero-order valence-electron chi connectivity index (χ0n) is 7.90. The molecule has 0 aliphatic heterocycles. The van der Waals surface area contributed by atoms with E-state index in [4.69, 9.17) is 0 Å². The molecule has 0 bridgehead atoms. The number of rotatable bonds is 2. The minimum atomic E-state index is 0.156. The van der Waals surface area contributed by atoms with Crippen molar-refractivity contribution in [1.82, 2.24) is 4.98 Å². The van der Waals surface area contributed by atoms with Gasteiger partial charge in [-0.15, -0.1) is 31.5 Å². The average Bonchev–Trinajstić information content (AvgIpc) is 2.30. The van der Waals surface area contributed by atoms with Crippen LogP contribution in [0.3, 0.4) is 0 Å². The van der Waals surface area contributed by atoms with Crippen LogP contribution >= 0.6 is 31.5 Å². The van der Waals surface area contributed by atoms with Gasteiger partial charge in [-0.1, -0.05) is 30.3 Å². The van der Waals surface area contributed by atoms with Crippen molar-refractivity contribution in [2.45, 2.75) is 0 Å². The van der Waals surface area contributed by atoms with Crippen molar-refractivity contribution in [3.8, 4) is 11.3 Å². The second kappa shape index (κ2) is 4.95. The van der Waals surface area contributed by atoms with E-state index in [9.17, 15) is 0 Å². The van der Waals surface area contributed by atoms with Gasteiger partial charge in [-0.05, 0) is 23.2 Å². The Kier molecular flexibility index (Phi) is 3.59. The molecular formula is C11H8BBr2N. The summed E-state index contributed by atoms with van der Waals surface area (Å²) in [4.78, 5) is 4.35. The van der Waals surface area contributed by atoms with Crippen molar-refractivity contribution in [2.24, 2.45) is 0 Å². The van der Waals surface area contributed by atoms with Crippen molar-refractivity contribution in [2.75, 3.05) is 0 Å². The first kappa shape index (κ1) is 10.9. The Labute approximate surface area is 106 Å². The van der Waals surface area contributed by atoms with E-state index in [1.807, 2.05) is 36.5 Å². The lowest BCUT2D eigenvalue weighted by atomic mass is 9.88. The molecule has 0 amide bonds. The number of halogens is 2. The van der Waals surface area contributed by atoms with Crippen LogP contribution in [0.25, 0.3) is 11.3 Å². The second-order valence-corrected chi connectivity index (χ2v) is 6.16. The van der Waals surface area contributed by atoms with Gasteiger partial charge in [0.25, 0.3) is 0 Å². The van der Waals surface area contributed by atoms with Crippen LogP contribution in [0, 0.1) is 0 Å². The van der Waals surface area contributed by atoms with E-state index >= 15 is 0 Å². The van der Waals surface area contributed by atoms with E-state index in [0.717, 1.165) is 11.3 Å². The van der Waals surface area contributed by atoms with Gasteiger partial charge >= 0.3 is 4.36 Å². The number of hydrogen-bond donors (Lipinski definition) is 0. The molecule has 2 aromatic rings. The second-order valence-electron chi connectivity index (χ2n) is 3.10. The first-order valence-corrected chi connectivity index (χ1v) is 6.40. The molecule has 0 spiro atoms. The molecule has 0 saturated carbocycles. The molecule has 0 aliphatic carbocycles. The largest absolute Gasteiger partial charge is 0.330 e. The van der Waals surface area contributed by atoms with Crippen LogP contribution in [-0.4, -0.2) is 9.34 Å². The summed E-state index contributed by atoms with van der Waals surface area (Å²) in [5, 5.41) is 0. The van der Waals surface area contributed by atoms with Gasteiger partial charge in [-0.3, -0.25) is 4.98 Å². The van der Waals surface area contributed by atoms with E-state index in [-0.39, 0.29) is 4.36 Å². The van der Waals surface area contributed by atoms with Crippen LogP contribution in [0.4, 0.5) is 0 Å². The smallest absolute Gasteiger partial charge is 0.256 e. The van der Waals surface area contributed by atoms with E-state index in [1.54, 1.807) is 0 Å². The molecule has 2 rings (SSSR count). The Balaban J connectivity index is 2.53. The van der Waals surface area contributed by atoms with Gasteiger partial charge in [0.1, 0.15) is 0 Å². The van der Waals surface area contributed by atoms with Crippen molar-refractivity contribution < 1.29 is 0 Å². The average molecular weight is 325 g/mol. The van der Waals surface area contributed by atoms with Crippen LogP contribution in [0.2, 0.25) is 0 Å². The molecule has 0 unspecified atom stereocenters. The molecule has 0 saturated heterocycles. The monoisotopic (exact) mass is 323 g/mol. The van der Waals surface area contributed by atoms with Gasteiger partial charge in [-0.2, -0.15) is 0 Å². The molecule has 0 aliphatic rings. The highest BCUT2D eigenvalue weighted by Crippen LogP contribution is 2.17. The normalized spacial score (nSPS) is 10.0. The summed E-state index contributed by atoms with van der Waals surface area (Å²) in [6.45, 7) is 0. The van der Waals surface area contributed by atoms with Crippen LogP contribution in [0.1, 0.15) is 0 Å². The fourth-order valence-electron chi connectivity index (χ4n) is 1.44.